The van der Waals surface area contributed by atoms with Crippen molar-refractivity contribution in [2.45, 2.75) is 32.2 Å². The summed E-state index contributed by atoms with van der Waals surface area (Å²) in [5.41, 5.74) is 0.226. The van der Waals surface area contributed by atoms with E-state index in [9.17, 15) is 0 Å². The lowest BCUT2D eigenvalue weighted by molar-refractivity contribution is 0.233. The Hall–Kier alpha value is -0.560. The molecule has 0 aromatic heterocycles. The van der Waals surface area contributed by atoms with E-state index in [0.717, 1.165) is 6.54 Å². The maximum absolute atomic E-state index is 3.89. The molecule has 1 heteroatoms. The largest absolute Gasteiger partial charge is 0.310 e. The summed E-state index contributed by atoms with van der Waals surface area (Å²) >= 11 is 0. The van der Waals surface area contributed by atoms with Crippen LogP contribution < -0.4 is 5.32 Å². The molecule has 1 saturated heterocycles. The van der Waals surface area contributed by atoms with Crippen molar-refractivity contribution in [1.29, 1.82) is 0 Å². The molecular weight excluding hydrogens is 158 g/mol. The Bertz CT molecular complexity index is 173. The van der Waals surface area contributed by atoms with Crippen LogP contribution in [0.1, 0.15) is 26.7 Å². The van der Waals surface area contributed by atoms with Gasteiger partial charge >= 0.3 is 0 Å². The molecule has 13 heavy (non-hydrogen) atoms. The summed E-state index contributed by atoms with van der Waals surface area (Å²) in [4.78, 5) is 0. The molecule has 0 aromatic carbocycles. The fourth-order valence-electron chi connectivity index (χ4n) is 2.40. The molecular formula is C12H21N. The molecule has 0 bridgehead atoms. The summed E-state index contributed by atoms with van der Waals surface area (Å²) in [7, 11) is 0. The zero-order valence-corrected chi connectivity index (χ0v) is 8.84. The van der Waals surface area contributed by atoms with Gasteiger partial charge in [0.1, 0.15) is 0 Å². The molecule has 1 N–H and O–H groups in total. The van der Waals surface area contributed by atoms with Gasteiger partial charge in [-0.3, -0.25) is 0 Å². The van der Waals surface area contributed by atoms with Crippen LogP contribution in [0.15, 0.2) is 25.3 Å². The first-order valence-corrected chi connectivity index (χ1v) is 5.17. The lowest BCUT2D eigenvalue weighted by Gasteiger charge is -2.38. The Morgan fingerprint density at radius 1 is 1.23 bits per heavy atom. The summed E-state index contributed by atoms with van der Waals surface area (Å²) in [6.45, 7) is 13.4. The van der Waals surface area contributed by atoms with Gasteiger partial charge < -0.3 is 5.32 Å². The summed E-state index contributed by atoms with van der Waals surface area (Å²) in [6.07, 6.45) is 6.63. The zero-order valence-electron chi connectivity index (χ0n) is 8.84. The Kier molecular flexibility index (Phi) is 3.32. The minimum Gasteiger partial charge on any atom is -0.310 e. The Morgan fingerprint density at radius 3 is 2.08 bits per heavy atom. The van der Waals surface area contributed by atoms with Crippen LogP contribution in [0.5, 0.6) is 0 Å². The molecule has 0 saturated carbocycles. The van der Waals surface area contributed by atoms with Crippen molar-refractivity contribution in [2.24, 2.45) is 11.8 Å². The van der Waals surface area contributed by atoms with Crippen LogP contribution in [-0.2, 0) is 0 Å². The molecule has 1 aliphatic rings. The van der Waals surface area contributed by atoms with Crippen molar-refractivity contribution in [2.75, 3.05) is 6.54 Å². The van der Waals surface area contributed by atoms with Gasteiger partial charge in [0, 0.05) is 5.54 Å². The van der Waals surface area contributed by atoms with Gasteiger partial charge in [-0.1, -0.05) is 26.0 Å². The molecule has 2 unspecified atom stereocenters. The highest BCUT2D eigenvalue weighted by molar-refractivity contribution is 5.09. The first-order valence-electron chi connectivity index (χ1n) is 5.17. The molecule has 0 aromatic rings. The van der Waals surface area contributed by atoms with Gasteiger partial charge in [0.25, 0.3) is 0 Å². The smallest absolute Gasteiger partial charge is 0.0301 e. The van der Waals surface area contributed by atoms with Crippen LogP contribution in [0.2, 0.25) is 0 Å². The van der Waals surface area contributed by atoms with Gasteiger partial charge in [-0.05, 0) is 31.2 Å². The topological polar surface area (TPSA) is 12.0 Å². The molecule has 1 fully saturated rings. The molecule has 1 nitrogen and oxygen atoms in total. The molecule has 74 valence electrons. The third-order valence-corrected chi connectivity index (χ3v) is 3.55. The van der Waals surface area contributed by atoms with E-state index in [1.165, 1.54) is 12.8 Å². The Labute approximate surface area is 81.9 Å². The average Bonchev–Trinajstić information content (AvgIpc) is 2.65. The van der Waals surface area contributed by atoms with Gasteiger partial charge in [-0.15, -0.1) is 13.2 Å². The molecule has 0 aliphatic carbocycles. The van der Waals surface area contributed by atoms with E-state index < -0.39 is 0 Å². The fourth-order valence-corrected chi connectivity index (χ4v) is 2.40. The quantitative estimate of drug-likeness (QED) is 0.654. The van der Waals surface area contributed by atoms with Crippen LogP contribution in [-0.4, -0.2) is 12.1 Å². The lowest BCUT2D eigenvalue weighted by Crippen LogP contribution is -2.49. The van der Waals surface area contributed by atoms with Crippen molar-refractivity contribution < 1.29 is 0 Å². The van der Waals surface area contributed by atoms with Crippen LogP contribution in [0.3, 0.4) is 0 Å². The first-order chi connectivity index (χ1) is 6.17. The fraction of sp³-hybridized carbons (Fsp3) is 0.667. The average molecular weight is 179 g/mol. The van der Waals surface area contributed by atoms with E-state index in [1.54, 1.807) is 0 Å². The van der Waals surface area contributed by atoms with E-state index in [1.807, 2.05) is 0 Å². The second kappa shape index (κ2) is 4.10. The normalized spacial score (nSPS) is 32.5. The lowest BCUT2D eigenvalue weighted by atomic mass is 9.74. The highest BCUT2D eigenvalue weighted by Crippen LogP contribution is 2.35. The number of rotatable bonds is 4. The highest BCUT2D eigenvalue weighted by Gasteiger charge is 2.40. The highest BCUT2D eigenvalue weighted by atomic mass is 15.0. The Morgan fingerprint density at radius 2 is 1.77 bits per heavy atom. The predicted molar refractivity (Wildman–Crippen MR) is 58.7 cm³/mol. The number of nitrogens with one attached hydrogen (secondary N) is 1. The summed E-state index contributed by atoms with van der Waals surface area (Å²) in [5.74, 6) is 1.03. The molecule has 1 aliphatic heterocycles. The van der Waals surface area contributed by atoms with Gasteiger partial charge in [-0.25, -0.2) is 0 Å². The summed E-state index contributed by atoms with van der Waals surface area (Å²) in [6, 6.07) is 0. The maximum atomic E-state index is 3.89. The van der Waals surface area contributed by atoms with Crippen molar-refractivity contribution in [1.82, 2.24) is 5.32 Å². The van der Waals surface area contributed by atoms with E-state index in [2.05, 4.69) is 44.5 Å². The second-order valence-corrected chi connectivity index (χ2v) is 4.12. The number of hydrogen-bond donors (Lipinski definition) is 1. The molecule has 0 radical (unpaired) electrons. The van der Waals surface area contributed by atoms with Crippen LogP contribution >= 0.6 is 0 Å². The Balaban J connectivity index is 2.85. The molecule has 2 atom stereocenters. The van der Waals surface area contributed by atoms with Gasteiger partial charge in [0.05, 0.1) is 0 Å². The monoisotopic (exact) mass is 179 g/mol. The number of hydrogen-bond acceptors (Lipinski definition) is 1. The van der Waals surface area contributed by atoms with Crippen molar-refractivity contribution in [3.63, 3.8) is 0 Å². The maximum Gasteiger partial charge on any atom is 0.0301 e. The van der Waals surface area contributed by atoms with E-state index in [4.69, 9.17) is 0 Å². The van der Waals surface area contributed by atoms with Crippen molar-refractivity contribution in [3.05, 3.63) is 25.3 Å². The van der Waals surface area contributed by atoms with E-state index >= 15 is 0 Å². The third kappa shape index (κ3) is 1.71. The minimum absolute atomic E-state index is 0.226. The minimum atomic E-state index is 0.226. The van der Waals surface area contributed by atoms with E-state index in [-0.39, 0.29) is 5.54 Å². The molecule has 0 amide bonds. The van der Waals surface area contributed by atoms with Gasteiger partial charge in [-0.2, -0.15) is 0 Å². The summed E-state index contributed by atoms with van der Waals surface area (Å²) < 4.78 is 0. The predicted octanol–water partition coefficient (Wildman–Crippen LogP) is 2.75. The molecule has 1 rings (SSSR count). The summed E-state index contributed by atoms with van der Waals surface area (Å²) in [5, 5.41) is 3.63. The second-order valence-electron chi connectivity index (χ2n) is 4.12. The van der Waals surface area contributed by atoms with Gasteiger partial charge in [0.2, 0.25) is 0 Å². The van der Waals surface area contributed by atoms with Crippen molar-refractivity contribution >= 4 is 0 Å². The molecule has 1 heterocycles. The third-order valence-electron chi connectivity index (χ3n) is 3.55. The standard InChI is InChI=1S/C12H21N/c1-5-10(3)12(11(4)6-2)8-7-9-13-12/h5-6,10-11,13H,1-2,7-9H2,3-4H3. The van der Waals surface area contributed by atoms with E-state index in [0.29, 0.717) is 11.8 Å². The van der Waals surface area contributed by atoms with Crippen LogP contribution in [0.25, 0.3) is 0 Å². The van der Waals surface area contributed by atoms with Crippen LogP contribution in [0.4, 0.5) is 0 Å². The first kappa shape index (κ1) is 10.5. The van der Waals surface area contributed by atoms with Crippen molar-refractivity contribution in [3.8, 4) is 0 Å². The zero-order chi connectivity index (χ0) is 9.90. The SMILES string of the molecule is C=CC(C)C1(C(C)C=C)CCCN1. The van der Waals surface area contributed by atoms with Gasteiger partial charge in [0.15, 0.2) is 0 Å². The van der Waals surface area contributed by atoms with Crippen LogP contribution in [0, 0.1) is 11.8 Å². The molecule has 0 spiro atoms.